The van der Waals surface area contributed by atoms with E-state index in [2.05, 4.69) is 117 Å². The maximum Gasteiger partial charge on any atom is 0.496 e. The van der Waals surface area contributed by atoms with E-state index in [-0.39, 0.29) is 0 Å². The predicted octanol–water partition coefficient (Wildman–Crippen LogP) is 11.2. The van der Waals surface area contributed by atoms with Gasteiger partial charge >= 0.3 is 7.12 Å². The Balaban J connectivity index is 1.29. The third-order valence-electron chi connectivity index (χ3n) is 11.0. The molecule has 11 rings (SSSR count). The van der Waals surface area contributed by atoms with E-state index in [1.807, 2.05) is 24.3 Å². The van der Waals surface area contributed by atoms with Gasteiger partial charge in [-0.15, -0.1) is 11.3 Å². The van der Waals surface area contributed by atoms with Crippen molar-refractivity contribution < 1.29 is 18.1 Å². The van der Waals surface area contributed by atoms with E-state index in [1.165, 1.54) is 10.1 Å². The molecule has 0 saturated carbocycles. The van der Waals surface area contributed by atoms with Crippen molar-refractivity contribution in [3.05, 3.63) is 109 Å². The Labute approximate surface area is 285 Å². The Hall–Kier alpha value is -5.08. The van der Waals surface area contributed by atoms with Crippen LogP contribution >= 0.6 is 11.3 Å². The molecular weight excluding hydrogens is 625 g/mol. The second-order valence-electron chi connectivity index (χ2n) is 14.3. The van der Waals surface area contributed by atoms with Crippen LogP contribution in [0.5, 0.6) is 0 Å². The number of thiophene rings is 1. The van der Waals surface area contributed by atoms with Crippen LogP contribution in [0.4, 0.5) is 0 Å². The Morgan fingerprint density at radius 2 is 1.24 bits per heavy atom. The van der Waals surface area contributed by atoms with Gasteiger partial charge in [0.2, 0.25) is 0 Å². The predicted molar refractivity (Wildman–Crippen MR) is 204 cm³/mol. The standard InChI is InChI=1S/C42H30BNO4S/c1-41(2)42(3,4)48-43(47-41)29-22-23(21-28-38-35(49-40(28)29)20-19-34-37(38)27-13-7-10-16-33(27)45-34)44-30-14-8-5-12-26(30)36-31(44)18-17-25-24-11-6-9-15-32(24)46-39(25)36/h5-22H,1-4H3. The molecule has 5 nitrogen and oxygen atoms in total. The van der Waals surface area contributed by atoms with Crippen LogP contribution in [0, 0.1) is 0 Å². The molecule has 6 aromatic carbocycles. The molecule has 0 bridgehead atoms. The van der Waals surface area contributed by atoms with Crippen molar-refractivity contribution in [1.82, 2.24) is 4.57 Å². The van der Waals surface area contributed by atoms with Crippen LogP contribution in [-0.4, -0.2) is 22.9 Å². The van der Waals surface area contributed by atoms with E-state index in [9.17, 15) is 0 Å². The Kier molecular flexibility index (Phi) is 5.30. The number of aromatic nitrogens is 1. The fraction of sp³-hybridized carbons (Fsp3) is 0.143. The summed E-state index contributed by atoms with van der Waals surface area (Å²) in [5.74, 6) is 0. The first kappa shape index (κ1) is 27.8. The van der Waals surface area contributed by atoms with E-state index in [4.69, 9.17) is 18.1 Å². The average Bonchev–Trinajstić information content (AvgIpc) is 3.88. The van der Waals surface area contributed by atoms with Crippen LogP contribution in [0.15, 0.2) is 118 Å². The Bertz CT molecular complexity index is 3010. The van der Waals surface area contributed by atoms with E-state index in [0.29, 0.717) is 0 Å². The van der Waals surface area contributed by atoms with Crippen molar-refractivity contribution in [2.75, 3.05) is 0 Å². The van der Waals surface area contributed by atoms with E-state index < -0.39 is 18.3 Å². The first-order valence-corrected chi connectivity index (χ1v) is 17.6. The lowest BCUT2D eigenvalue weighted by Crippen LogP contribution is -2.41. The number of fused-ring (bicyclic) bond motifs is 14. The van der Waals surface area contributed by atoms with Gasteiger partial charge in [0.15, 0.2) is 0 Å². The summed E-state index contributed by atoms with van der Waals surface area (Å²) in [5.41, 5.74) is 6.90. The SMILES string of the molecule is CC1(C)OB(c2cc(-n3c4ccccc4c4c5oc6ccccc6c5ccc43)cc3c2sc2ccc4oc5ccccc5c4c23)OC1(C)C. The van der Waals surface area contributed by atoms with Crippen molar-refractivity contribution in [3.8, 4) is 5.69 Å². The quantitative estimate of drug-likeness (QED) is 0.174. The minimum absolute atomic E-state index is 0.482. The van der Waals surface area contributed by atoms with E-state index >= 15 is 0 Å². The van der Waals surface area contributed by atoms with Gasteiger partial charge < -0.3 is 22.7 Å². The van der Waals surface area contributed by atoms with Crippen LogP contribution in [0.3, 0.4) is 0 Å². The van der Waals surface area contributed by atoms with Gasteiger partial charge in [-0.2, -0.15) is 0 Å². The zero-order valence-corrected chi connectivity index (χ0v) is 28.3. The number of para-hydroxylation sites is 3. The number of rotatable bonds is 2. The minimum Gasteiger partial charge on any atom is -0.456 e. The van der Waals surface area contributed by atoms with E-state index in [0.717, 1.165) is 86.9 Å². The summed E-state index contributed by atoms with van der Waals surface area (Å²) in [6.45, 7) is 8.47. The largest absolute Gasteiger partial charge is 0.496 e. The zero-order valence-electron chi connectivity index (χ0n) is 27.5. The van der Waals surface area contributed by atoms with Crippen molar-refractivity contribution in [2.24, 2.45) is 0 Å². The average molecular weight is 656 g/mol. The van der Waals surface area contributed by atoms with Gasteiger partial charge in [-0.25, -0.2) is 0 Å². The normalized spacial score (nSPS) is 16.3. The molecule has 1 aliphatic rings. The molecule has 5 heterocycles. The van der Waals surface area contributed by atoms with Crippen LogP contribution in [0.25, 0.3) is 91.5 Å². The number of hydrogen-bond donors (Lipinski definition) is 0. The lowest BCUT2D eigenvalue weighted by atomic mass is 9.78. The molecule has 49 heavy (non-hydrogen) atoms. The lowest BCUT2D eigenvalue weighted by Gasteiger charge is -2.32. The first-order valence-electron chi connectivity index (χ1n) is 16.8. The first-order chi connectivity index (χ1) is 23.8. The molecule has 236 valence electrons. The van der Waals surface area contributed by atoms with Gasteiger partial charge in [-0.1, -0.05) is 54.6 Å². The van der Waals surface area contributed by atoms with Crippen molar-refractivity contribution in [1.29, 1.82) is 0 Å². The van der Waals surface area contributed by atoms with Crippen LogP contribution in [0.2, 0.25) is 0 Å². The molecule has 0 aliphatic carbocycles. The summed E-state index contributed by atoms with van der Waals surface area (Å²) < 4.78 is 31.3. The summed E-state index contributed by atoms with van der Waals surface area (Å²) in [6.07, 6.45) is 0. The molecule has 7 heteroatoms. The zero-order chi connectivity index (χ0) is 32.8. The van der Waals surface area contributed by atoms with Crippen LogP contribution < -0.4 is 5.46 Å². The summed E-state index contributed by atoms with van der Waals surface area (Å²) in [7, 11) is -0.535. The third-order valence-corrected chi connectivity index (χ3v) is 12.3. The fourth-order valence-corrected chi connectivity index (χ4v) is 9.20. The van der Waals surface area contributed by atoms with Crippen LogP contribution in [0.1, 0.15) is 27.7 Å². The maximum atomic E-state index is 6.78. The Morgan fingerprint density at radius 1 is 0.551 bits per heavy atom. The molecule has 0 spiro atoms. The molecular formula is C42H30BNO4S. The van der Waals surface area contributed by atoms with Gasteiger partial charge in [0.05, 0.1) is 27.6 Å². The molecule has 10 aromatic rings. The fourth-order valence-electron chi connectivity index (χ4n) is 7.98. The van der Waals surface area contributed by atoms with Gasteiger partial charge in [0.1, 0.15) is 22.3 Å². The Morgan fingerprint density at radius 3 is 2.04 bits per heavy atom. The summed E-state index contributed by atoms with van der Waals surface area (Å²) in [4.78, 5) is 0. The molecule has 1 fully saturated rings. The summed E-state index contributed by atoms with van der Waals surface area (Å²) >= 11 is 1.79. The van der Waals surface area contributed by atoms with Crippen molar-refractivity contribution >= 4 is 110 Å². The molecule has 4 aromatic heterocycles. The lowest BCUT2D eigenvalue weighted by molar-refractivity contribution is 0.00578. The number of benzene rings is 6. The second-order valence-corrected chi connectivity index (χ2v) is 15.4. The third kappa shape index (κ3) is 3.62. The van der Waals surface area contributed by atoms with Gasteiger partial charge in [0.25, 0.3) is 0 Å². The summed E-state index contributed by atoms with van der Waals surface area (Å²) in [6, 6.07) is 38.6. The van der Waals surface area contributed by atoms with Gasteiger partial charge in [-0.05, 0) is 82.3 Å². The number of furan rings is 2. The highest BCUT2D eigenvalue weighted by Gasteiger charge is 2.52. The molecule has 0 unspecified atom stereocenters. The topological polar surface area (TPSA) is 49.7 Å². The molecule has 0 N–H and O–H groups in total. The smallest absolute Gasteiger partial charge is 0.456 e. The van der Waals surface area contributed by atoms with Gasteiger partial charge in [0, 0.05) is 58.3 Å². The van der Waals surface area contributed by atoms with Crippen molar-refractivity contribution in [3.63, 3.8) is 0 Å². The monoisotopic (exact) mass is 655 g/mol. The molecule has 0 atom stereocenters. The highest BCUT2D eigenvalue weighted by molar-refractivity contribution is 7.27. The number of hydrogen-bond acceptors (Lipinski definition) is 5. The maximum absolute atomic E-state index is 6.78. The van der Waals surface area contributed by atoms with Crippen molar-refractivity contribution in [2.45, 2.75) is 38.9 Å². The molecule has 0 amide bonds. The van der Waals surface area contributed by atoms with E-state index in [1.54, 1.807) is 11.3 Å². The second kappa shape index (κ2) is 9.33. The highest BCUT2D eigenvalue weighted by Crippen LogP contribution is 2.46. The molecule has 0 radical (unpaired) electrons. The van der Waals surface area contributed by atoms with Crippen LogP contribution in [-0.2, 0) is 9.31 Å². The molecule has 1 saturated heterocycles. The number of nitrogens with zero attached hydrogens (tertiary/aromatic N) is 1. The van der Waals surface area contributed by atoms with Gasteiger partial charge in [-0.3, -0.25) is 0 Å². The highest BCUT2D eigenvalue weighted by atomic mass is 32.1. The minimum atomic E-state index is -0.535. The summed E-state index contributed by atoms with van der Waals surface area (Å²) in [5, 5.41) is 9.13. The molecule has 1 aliphatic heterocycles.